The maximum Gasteiger partial charge on any atom is 0.0473 e. The molecule has 1 aromatic rings. The van der Waals surface area contributed by atoms with E-state index in [0.717, 1.165) is 11.6 Å². The van der Waals surface area contributed by atoms with Crippen molar-refractivity contribution >= 4 is 11.6 Å². The van der Waals surface area contributed by atoms with Crippen LogP contribution in [0.2, 0.25) is 5.02 Å². The van der Waals surface area contributed by atoms with Gasteiger partial charge in [0.2, 0.25) is 0 Å². The van der Waals surface area contributed by atoms with E-state index in [4.69, 9.17) is 17.3 Å². The molecule has 0 aromatic heterocycles. The van der Waals surface area contributed by atoms with Crippen molar-refractivity contribution in [1.82, 2.24) is 4.90 Å². The molecule has 0 saturated heterocycles. The lowest BCUT2D eigenvalue weighted by Gasteiger charge is -2.37. The van der Waals surface area contributed by atoms with Gasteiger partial charge in [-0.25, -0.2) is 0 Å². The molecule has 0 radical (unpaired) electrons. The van der Waals surface area contributed by atoms with Gasteiger partial charge in [-0.15, -0.1) is 0 Å². The van der Waals surface area contributed by atoms with Crippen molar-refractivity contribution in [1.29, 1.82) is 0 Å². The van der Waals surface area contributed by atoms with Crippen LogP contribution in [0.4, 0.5) is 0 Å². The molecule has 0 amide bonds. The van der Waals surface area contributed by atoms with Crippen LogP contribution >= 0.6 is 11.6 Å². The third kappa shape index (κ3) is 3.97. The fourth-order valence-electron chi connectivity index (χ4n) is 3.34. The van der Waals surface area contributed by atoms with Crippen molar-refractivity contribution in [2.24, 2.45) is 11.7 Å². The van der Waals surface area contributed by atoms with E-state index in [1.807, 2.05) is 12.1 Å². The molecule has 2 nitrogen and oxygen atoms in total. The van der Waals surface area contributed by atoms with E-state index < -0.39 is 0 Å². The summed E-state index contributed by atoms with van der Waals surface area (Å²) in [6, 6.07) is 9.22. The first-order valence-electron chi connectivity index (χ1n) is 7.83. The zero-order chi connectivity index (χ0) is 14.5. The van der Waals surface area contributed by atoms with Crippen LogP contribution in [-0.4, -0.2) is 24.0 Å². The number of nitrogens with zero attached hydrogens (tertiary/aromatic N) is 1. The second-order valence-corrected chi connectivity index (χ2v) is 6.77. The minimum Gasteiger partial charge on any atom is -0.329 e. The molecule has 0 bridgehead atoms. The highest BCUT2D eigenvalue weighted by molar-refractivity contribution is 6.30. The Morgan fingerprint density at radius 1 is 1.20 bits per heavy atom. The monoisotopic (exact) mass is 294 g/mol. The van der Waals surface area contributed by atoms with Crippen LogP contribution < -0.4 is 5.73 Å². The summed E-state index contributed by atoms with van der Waals surface area (Å²) >= 11 is 6.01. The predicted octanol–water partition coefficient (Wildman–Crippen LogP) is 4.24. The van der Waals surface area contributed by atoms with Crippen molar-refractivity contribution in [2.45, 2.75) is 51.6 Å². The molecule has 0 spiro atoms. The molecule has 1 aliphatic carbocycles. The van der Waals surface area contributed by atoms with Gasteiger partial charge < -0.3 is 5.73 Å². The largest absolute Gasteiger partial charge is 0.329 e. The summed E-state index contributed by atoms with van der Waals surface area (Å²) < 4.78 is 0. The lowest BCUT2D eigenvalue weighted by Crippen LogP contribution is -2.42. The summed E-state index contributed by atoms with van der Waals surface area (Å²) in [5.74, 6) is 0.664. The molecule has 0 aliphatic heterocycles. The second kappa shape index (κ2) is 7.44. The Morgan fingerprint density at radius 3 is 2.30 bits per heavy atom. The standard InChI is InChI=1S/C17H27ClN2/c1-13(2)12-20(16-5-3-4-6-16)17(11-19)14-7-9-15(18)10-8-14/h7-10,13,16-17H,3-6,11-12,19H2,1-2H3. The molecule has 1 saturated carbocycles. The zero-order valence-electron chi connectivity index (χ0n) is 12.7. The zero-order valence-corrected chi connectivity index (χ0v) is 13.4. The van der Waals surface area contributed by atoms with E-state index >= 15 is 0 Å². The molecule has 1 aromatic carbocycles. The van der Waals surface area contributed by atoms with Gasteiger partial charge in [0.1, 0.15) is 0 Å². The van der Waals surface area contributed by atoms with Crippen molar-refractivity contribution in [3.63, 3.8) is 0 Å². The van der Waals surface area contributed by atoms with E-state index in [-0.39, 0.29) is 0 Å². The van der Waals surface area contributed by atoms with Crippen molar-refractivity contribution in [2.75, 3.05) is 13.1 Å². The lowest BCUT2D eigenvalue weighted by atomic mass is 10.0. The van der Waals surface area contributed by atoms with Gasteiger partial charge in [-0.1, -0.05) is 50.4 Å². The molecular formula is C17H27ClN2. The third-order valence-corrected chi connectivity index (χ3v) is 4.50. The highest BCUT2D eigenvalue weighted by atomic mass is 35.5. The number of nitrogens with two attached hydrogens (primary N) is 1. The minimum atomic E-state index is 0.317. The van der Waals surface area contributed by atoms with Gasteiger partial charge in [-0.05, 0) is 36.5 Å². The van der Waals surface area contributed by atoms with Crippen LogP contribution in [0.5, 0.6) is 0 Å². The number of hydrogen-bond acceptors (Lipinski definition) is 2. The molecule has 1 aliphatic rings. The van der Waals surface area contributed by atoms with Gasteiger partial charge in [0.05, 0.1) is 0 Å². The number of halogens is 1. The van der Waals surface area contributed by atoms with E-state index in [1.165, 1.54) is 31.2 Å². The van der Waals surface area contributed by atoms with Gasteiger partial charge >= 0.3 is 0 Å². The molecule has 2 rings (SSSR count). The van der Waals surface area contributed by atoms with E-state index in [0.29, 0.717) is 24.5 Å². The van der Waals surface area contributed by atoms with Crippen LogP contribution in [0, 0.1) is 5.92 Å². The second-order valence-electron chi connectivity index (χ2n) is 6.33. The first-order chi connectivity index (χ1) is 9.61. The van der Waals surface area contributed by atoms with Crippen molar-refractivity contribution in [3.8, 4) is 0 Å². The topological polar surface area (TPSA) is 29.3 Å². The minimum absolute atomic E-state index is 0.317. The molecule has 20 heavy (non-hydrogen) atoms. The Kier molecular flexibility index (Phi) is 5.88. The number of rotatable bonds is 6. The Morgan fingerprint density at radius 2 is 1.80 bits per heavy atom. The normalized spacial score (nSPS) is 18.1. The van der Waals surface area contributed by atoms with Gasteiger partial charge in [0, 0.05) is 30.2 Å². The average Bonchev–Trinajstić information content (AvgIpc) is 2.94. The number of hydrogen-bond donors (Lipinski definition) is 1. The first kappa shape index (κ1) is 15.8. The van der Waals surface area contributed by atoms with E-state index in [1.54, 1.807) is 0 Å². The molecule has 1 unspecified atom stereocenters. The van der Waals surface area contributed by atoms with Crippen molar-refractivity contribution in [3.05, 3.63) is 34.9 Å². The maximum absolute atomic E-state index is 6.11. The Bertz CT molecular complexity index is 396. The molecule has 1 atom stereocenters. The third-order valence-electron chi connectivity index (χ3n) is 4.25. The molecule has 2 N–H and O–H groups in total. The van der Waals surface area contributed by atoms with Crippen LogP contribution in [0.25, 0.3) is 0 Å². The summed E-state index contributed by atoms with van der Waals surface area (Å²) in [6.45, 7) is 6.37. The summed E-state index contributed by atoms with van der Waals surface area (Å²) in [4.78, 5) is 2.64. The number of benzene rings is 1. The van der Waals surface area contributed by atoms with Gasteiger partial charge in [-0.3, -0.25) is 4.90 Å². The predicted molar refractivity (Wildman–Crippen MR) is 87.0 cm³/mol. The van der Waals surface area contributed by atoms with Crippen molar-refractivity contribution < 1.29 is 0 Å². The van der Waals surface area contributed by atoms with Gasteiger partial charge in [0.25, 0.3) is 0 Å². The summed E-state index contributed by atoms with van der Waals surface area (Å²) in [7, 11) is 0. The van der Waals surface area contributed by atoms with E-state index in [2.05, 4.69) is 30.9 Å². The average molecular weight is 295 g/mol. The quantitative estimate of drug-likeness (QED) is 0.850. The highest BCUT2D eigenvalue weighted by Crippen LogP contribution is 2.31. The Balaban J connectivity index is 2.20. The highest BCUT2D eigenvalue weighted by Gasteiger charge is 2.29. The van der Waals surface area contributed by atoms with Crippen LogP contribution in [0.15, 0.2) is 24.3 Å². The smallest absolute Gasteiger partial charge is 0.0473 e. The van der Waals surface area contributed by atoms with Crippen LogP contribution in [0.3, 0.4) is 0 Å². The SMILES string of the molecule is CC(C)CN(C1CCCC1)C(CN)c1ccc(Cl)cc1. The Labute approximate surface area is 128 Å². The molecule has 1 fully saturated rings. The van der Waals surface area contributed by atoms with Gasteiger partial charge in [-0.2, -0.15) is 0 Å². The molecular weight excluding hydrogens is 268 g/mol. The summed E-state index contributed by atoms with van der Waals surface area (Å²) in [5, 5.41) is 0.792. The molecule has 112 valence electrons. The molecule has 0 heterocycles. The van der Waals surface area contributed by atoms with Crippen LogP contribution in [-0.2, 0) is 0 Å². The molecule has 3 heteroatoms. The first-order valence-corrected chi connectivity index (χ1v) is 8.21. The fraction of sp³-hybridized carbons (Fsp3) is 0.647. The summed E-state index contributed by atoms with van der Waals surface area (Å²) in [5.41, 5.74) is 7.41. The lowest BCUT2D eigenvalue weighted by molar-refractivity contribution is 0.121. The van der Waals surface area contributed by atoms with E-state index in [9.17, 15) is 0 Å². The Hall–Kier alpha value is -0.570. The van der Waals surface area contributed by atoms with Crippen LogP contribution in [0.1, 0.15) is 51.1 Å². The van der Waals surface area contributed by atoms with Gasteiger partial charge in [0.15, 0.2) is 0 Å². The fourth-order valence-corrected chi connectivity index (χ4v) is 3.46. The summed E-state index contributed by atoms with van der Waals surface area (Å²) in [6.07, 6.45) is 5.35. The maximum atomic E-state index is 6.11.